The molecule has 1 amide bonds. The molecular formula is C27H23N3O4. The SMILES string of the molecule is COc1ccc(C2C(NC(C)=O)C(=O)n3c(nc4ccccc43)C2C(=O)c2ccccc2)cc1. The second kappa shape index (κ2) is 8.59. The van der Waals surface area contributed by atoms with Gasteiger partial charge in [-0.15, -0.1) is 0 Å². The highest BCUT2D eigenvalue weighted by Gasteiger charge is 2.48. The van der Waals surface area contributed by atoms with E-state index in [0.717, 1.165) is 5.56 Å². The van der Waals surface area contributed by atoms with Crippen LogP contribution in [0, 0.1) is 0 Å². The van der Waals surface area contributed by atoms with Crippen LogP contribution in [0.1, 0.15) is 45.3 Å². The molecule has 1 N–H and O–H groups in total. The van der Waals surface area contributed by atoms with Crippen LogP contribution in [0.5, 0.6) is 5.75 Å². The quantitative estimate of drug-likeness (QED) is 0.462. The Balaban J connectivity index is 1.78. The van der Waals surface area contributed by atoms with Crippen molar-refractivity contribution in [3.63, 3.8) is 0 Å². The van der Waals surface area contributed by atoms with Crippen LogP contribution in [0.3, 0.4) is 0 Å². The average molecular weight is 453 g/mol. The van der Waals surface area contributed by atoms with E-state index in [1.54, 1.807) is 49.6 Å². The maximum atomic E-state index is 14.0. The molecule has 4 aromatic rings. The van der Waals surface area contributed by atoms with Gasteiger partial charge in [0.15, 0.2) is 5.78 Å². The number of nitrogens with one attached hydrogen (secondary N) is 1. The van der Waals surface area contributed by atoms with Gasteiger partial charge in [0.05, 0.1) is 24.1 Å². The van der Waals surface area contributed by atoms with Gasteiger partial charge in [0.25, 0.3) is 5.91 Å². The van der Waals surface area contributed by atoms with Gasteiger partial charge in [-0.3, -0.25) is 19.0 Å². The highest BCUT2D eigenvalue weighted by molar-refractivity contribution is 6.06. The number of fused-ring (bicyclic) bond motifs is 3. The number of aromatic nitrogens is 2. The number of methoxy groups -OCH3 is 1. The van der Waals surface area contributed by atoms with Crippen molar-refractivity contribution in [1.82, 2.24) is 14.9 Å². The first-order valence-corrected chi connectivity index (χ1v) is 11.0. The zero-order chi connectivity index (χ0) is 23.8. The molecule has 0 saturated heterocycles. The van der Waals surface area contributed by atoms with E-state index < -0.39 is 17.9 Å². The van der Waals surface area contributed by atoms with Crippen LogP contribution in [-0.2, 0) is 4.79 Å². The monoisotopic (exact) mass is 453 g/mol. The lowest BCUT2D eigenvalue weighted by Crippen LogP contribution is -2.53. The molecule has 1 aromatic heterocycles. The van der Waals surface area contributed by atoms with Gasteiger partial charge < -0.3 is 10.1 Å². The molecule has 2 heterocycles. The first kappa shape index (κ1) is 21.6. The van der Waals surface area contributed by atoms with E-state index in [4.69, 9.17) is 9.72 Å². The number of ether oxygens (including phenoxy) is 1. The molecule has 5 rings (SSSR count). The molecule has 7 nitrogen and oxygen atoms in total. The largest absolute Gasteiger partial charge is 0.497 e. The van der Waals surface area contributed by atoms with Crippen LogP contribution in [0.2, 0.25) is 0 Å². The van der Waals surface area contributed by atoms with Crippen LogP contribution in [0.15, 0.2) is 78.9 Å². The third-order valence-corrected chi connectivity index (χ3v) is 6.27. The zero-order valence-corrected chi connectivity index (χ0v) is 18.8. The maximum absolute atomic E-state index is 14.0. The van der Waals surface area contributed by atoms with Crippen LogP contribution in [-0.4, -0.2) is 40.3 Å². The summed E-state index contributed by atoms with van der Waals surface area (Å²) < 4.78 is 6.78. The summed E-state index contributed by atoms with van der Waals surface area (Å²) in [5.41, 5.74) is 2.48. The Morgan fingerprint density at radius 1 is 0.941 bits per heavy atom. The third kappa shape index (κ3) is 3.55. The molecule has 34 heavy (non-hydrogen) atoms. The van der Waals surface area contributed by atoms with E-state index in [1.807, 2.05) is 36.4 Å². The van der Waals surface area contributed by atoms with Crippen molar-refractivity contribution < 1.29 is 19.1 Å². The van der Waals surface area contributed by atoms with E-state index in [0.29, 0.717) is 28.2 Å². The lowest BCUT2D eigenvalue weighted by Gasteiger charge is -2.37. The van der Waals surface area contributed by atoms with Crippen molar-refractivity contribution >= 4 is 28.6 Å². The number of nitrogens with zero attached hydrogens (tertiary/aromatic N) is 2. The number of benzene rings is 3. The van der Waals surface area contributed by atoms with Crippen molar-refractivity contribution in [3.05, 3.63) is 95.8 Å². The fraction of sp³-hybridized carbons (Fsp3) is 0.185. The van der Waals surface area contributed by atoms with Crippen LogP contribution in [0.25, 0.3) is 11.0 Å². The standard InChI is InChI=1S/C27H23N3O4/c1-16(31)28-24-22(17-12-14-19(34-2)15-13-17)23(25(32)18-8-4-3-5-9-18)26-29-20-10-6-7-11-21(20)30(26)27(24)33/h3-15,22-24H,1-2H3,(H,28,31). The fourth-order valence-corrected chi connectivity index (χ4v) is 4.77. The van der Waals surface area contributed by atoms with E-state index in [2.05, 4.69) is 5.32 Å². The van der Waals surface area contributed by atoms with Crippen LogP contribution >= 0.6 is 0 Å². The molecule has 0 radical (unpaired) electrons. The van der Waals surface area contributed by atoms with Crippen molar-refractivity contribution in [3.8, 4) is 5.75 Å². The van der Waals surface area contributed by atoms with Gasteiger partial charge >= 0.3 is 0 Å². The van der Waals surface area contributed by atoms with Gasteiger partial charge in [-0.1, -0.05) is 54.6 Å². The number of rotatable bonds is 5. The minimum absolute atomic E-state index is 0.166. The number of ketones is 1. The molecule has 3 unspecified atom stereocenters. The fourth-order valence-electron chi connectivity index (χ4n) is 4.77. The molecular weight excluding hydrogens is 430 g/mol. The van der Waals surface area contributed by atoms with E-state index in [-0.39, 0.29) is 17.6 Å². The Hall–Kier alpha value is -4.26. The highest BCUT2D eigenvalue weighted by atomic mass is 16.5. The average Bonchev–Trinajstić information content (AvgIpc) is 3.25. The summed E-state index contributed by atoms with van der Waals surface area (Å²) in [6.07, 6.45) is 0. The van der Waals surface area contributed by atoms with Gasteiger partial charge in [-0.25, -0.2) is 4.98 Å². The summed E-state index contributed by atoms with van der Waals surface area (Å²) in [7, 11) is 1.57. The Kier molecular flexibility index (Phi) is 5.45. The molecule has 3 aromatic carbocycles. The number of carbonyl (C=O) groups excluding carboxylic acids is 3. The molecule has 0 spiro atoms. The number of imidazole rings is 1. The Labute approximate surface area is 196 Å². The molecule has 7 heteroatoms. The van der Waals surface area contributed by atoms with Crippen LogP contribution < -0.4 is 10.1 Å². The number of Topliss-reactive ketones (excluding diaryl/α,β-unsaturated/α-hetero) is 1. The van der Waals surface area contributed by atoms with Crippen molar-refractivity contribution in [1.29, 1.82) is 0 Å². The number of hydrogen-bond donors (Lipinski definition) is 1. The van der Waals surface area contributed by atoms with Gasteiger partial charge in [0.1, 0.15) is 17.6 Å². The third-order valence-electron chi connectivity index (χ3n) is 6.27. The second-order valence-corrected chi connectivity index (χ2v) is 8.32. The van der Waals surface area contributed by atoms with Gasteiger partial charge in [-0.2, -0.15) is 0 Å². The lowest BCUT2D eigenvalue weighted by atomic mass is 9.74. The summed E-state index contributed by atoms with van der Waals surface area (Å²) in [5.74, 6) is -1.26. The molecule has 1 aliphatic heterocycles. The molecule has 0 bridgehead atoms. The smallest absolute Gasteiger partial charge is 0.255 e. The first-order valence-electron chi connectivity index (χ1n) is 11.0. The Morgan fingerprint density at radius 2 is 1.62 bits per heavy atom. The Bertz CT molecular complexity index is 1390. The topological polar surface area (TPSA) is 90.3 Å². The second-order valence-electron chi connectivity index (χ2n) is 8.32. The first-order chi connectivity index (χ1) is 16.5. The molecule has 0 saturated carbocycles. The van der Waals surface area contributed by atoms with Crippen molar-refractivity contribution in [2.75, 3.05) is 7.11 Å². The van der Waals surface area contributed by atoms with E-state index in [1.165, 1.54) is 11.5 Å². The van der Waals surface area contributed by atoms with E-state index in [9.17, 15) is 14.4 Å². The number of hydrogen-bond acceptors (Lipinski definition) is 5. The van der Waals surface area contributed by atoms with Crippen LogP contribution in [0.4, 0.5) is 0 Å². The molecule has 0 aliphatic carbocycles. The minimum atomic E-state index is -0.950. The summed E-state index contributed by atoms with van der Waals surface area (Å²) in [6, 6.07) is 22.5. The summed E-state index contributed by atoms with van der Waals surface area (Å²) in [4.78, 5) is 44.7. The normalized spacial score (nSPS) is 19.5. The molecule has 3 atom stereocenters. The number of amides is 1. The maximum Gasteiger partial charge on any atom is 0.255 e. The van der Waals surface area contributed by atoms with E-state index >= 15 is 0 Å². The number of para-hydroxylation sites is 2. The van der Waals surface area contributed by atoms with Gasteiger partial charge in [-0.05, 0) is 29.8 Å². The zero-order valence-electron chi connectivity index (χ0n) is 18.8. The van der Waals surface area contributed by atoms with Gasteiger partial charge in [0, 0.05) is 18.4 Å². The predicted octanol–water partition coefficient (Wildman–Crippen LogP) is 3.95. The number of carbonyl (C=O) groups is 3. The summed E-state index contributed by atoms with van der Waals surface area (Å²) in [6.45, 7) is 1.37. The summed E-state index contributed by atoms with van der Waals surface area (Å²) in [5, 5.41) is 2.82. The highest BCUT2D eigenvalue weighted by Crippen LogP contribution is 2.43. The minimum Gasteiger partial charge on any atom is -0.497 e. The summed E-state index contributed by atoms with van der Waals surface area (Å²) >= 11 is 0. The molecule has 170 valence electrons. The predicted molar refractivity (Wildman–Crippen MR) is 127 cm³/mol. The molecule has 0 fully saturated rings. The lowest BCUT2D eigenvalue weighted by molar-refractivity contribution is -0.119. The van der Waals surface area contributed by atoms with Crippen molar-refractivity contribution in [2.24, 2.45) is 0 Å². The van der Waals surface area contributed by atoms with Gasteiger partial charge in [0.2, 0.25) is 5.91 Å². The van der Waals surface area contributed by atoms with Crippen molar-refractivity contribution in [2.45, 2.75) is 24.8 Å². The molecule has 1 aliphatic rings. The Morgan fingerprint density at radius 3 is 2.29 bits per heavy atom.